The predicted molar refractivity (Wildman–Crippen MR) is 94.5 cm³/mol. The lowest BCUT2D eigenvalue weighted by molar-refractivity contribution is -0.138. The summed E-state index contributed by atoms with van der Waals surface area (Å²) in [5.74, 6) is -3.11. The maximum atomic E-state index is 13.0. The van der Waals surface area contributed by atoms with E-state index in [2.05, 4.69) is 5.32 Å². The molecule has 0 heterocycles. The number of carboxylic acids is 1. The Balaban J connectivity index is 1.86. The second kappa shape index (κ2) is 8.89. The number of benzene rings is 2. The van der Waals surface area contributed by atoms with Crippen molar-refractivity contribution in [3.05, 3.63) is 71.0 Å². The van der Waals surface area contributed by atoms with E-state index in [1.807, 2.05) is 19.1 Å². The molecule has 0 saturated carbocycles. The molecule has 5 nitrogen and oxygen atoms in total. The standard InChI is InChI=1S/C20H20FNO4/c1-13-2-4-15(5-3-13)18(23)10-11-19(24)22-12-17(20(25)26)14-6-8-16(21)9-7-14/h2-9,17H,10-12H2,1H3,(H,22,24)(H,25,26). The van der Waals surface area contributed by atoms with Crippen LogP contribution in [0, 0.1) is 12.7 Å². The largest absolute Gasteiger partial charge is 0.481 e. The fourth-order valence-electron chi connectivity index (χ4n) is 2.46. The molecule has 2 aromatic rings. The maximum Gasteiger partial charge on any atom is 0.312 e. The van der Waals surface area contributed by atoms with Gasteiger partial charge in [-0.1, -0.05) is 42.0 Å². The summed E-state index contributed by atoms with van der Waals surface area (Å²) < 4.78 is 13.0. The summed E-state index contributed by atoms with van der Waals surface area (Å²) >= 11 is 0. The molecular formula is C20H20FNO4. The normalized spacial score (nSPS) is 11.6. The predicted octanol–water partition coefficient (Wildman–Crippen LogP) is 3.08. The molecule has 0 aliphatic rings. The zero-order valence-corrected chi connectivity index (χ0v) is 14.4. The Morgan fingerprint density at radius 1 is 1.00 bits per heavy atom. The Bertz CT molecular complexity index is 784. The average Bonchev–Trinajstić information content (AvgIpc) is 2.61. The number of halogens is 1. The molecule has 0 aliphatic carbocycles. The molecular weight excluding hydrogens is 337 g/mol. The fraction of sp³-hybridized carbons (Fsp3) is 0.250. The van der Waals surface area contributed by atoms with E-state index in [0.29, 0.717) is 11.1 Å². The number of aryl methyl sites for hydroxylation is 1. The van der Waals surface area contributed by atoms with Crippen LogP contribution in [0.1, 0.15) is 40.2 Å². The number of carbonyl (C=O) groups excluding carboxylic acids is 2. The van der Waals surface area contributed by atoms with Gasteiger partial charge in [-0.15, -0.1) is 0 Å². The van der Waals surface area contributed by atoms with Crippen LogP contribution >= 0.6 is 0 Å². The van der Waals surface area contributed by atoms with E-state index in [4.69, 9.17) is 0 Å². The summed E-state index contributed by atoms with van der Waals surface area (Å²) in [4.78, 5) is 35.4. The van der Waals surface area contributed by atoms with Gasteiger partial charge in [0.05, 0.1) is 5.92 Å². The number of hydrogen-bond donors (Lipinski definition) is 2. The number of rotatable bonds is 8. The number of carboxylic acid groups (broad SMARTS) is 1. The Kier molecular flexibility index (Phi) is 6.60. The number of Topliss-reactive ketones (excluding diaryl/α,β-unsaturated/α-hetero) is 1. The van der Waals surface area contributed by atoms with Gasteiger partial charge < -0.3 is 10.4 Å². The number of carbonyl (C=O) groups is 3. The summed E-state index contributed by atoms with van der Waals surface area (Å²) in [6, 6.07) is 12.2. The number of nitrogens with one attached hydrogen (secondary N) is 1. The van der Waals surface area contributed by atoms with Crippen molar-refractivity contribution in [2.45, 2.75) is 25.7 Å². The highest BCUT2D eigenvalue weighted by molar-refractivity contribution is 5.98. The highest BCUT2D eigenvalue weighted by atomic mass is 19.1. The molecule has 2 N–H and O–H groups in total. The summed E-state index contributed by atoms with van der Waals surface area (Å²) in [6.45, 7) is 1.79. The lowest BCUT2D eigenvalue weighted by atomic mass is 9.99. The first kappa shape index (κ1) is 19.3. The van der Waals surface area contributed by atoms with Crippen molar-refractivity contribution in [1.29, 1.82) is 0 Å². The van der Waals surface area contributed by atoms with Crippen LogP contribution in [-0.2, 0) is 9.59 Å². The van der Waals surface area contributed by atoms with Gasteiger partial charge in [0.1, 0.15) is 5.82 Å². The van der Waals surface area contributed by atoms with Gasteiger partial charge in [-0.3, -0.25) is 14.4 Å². The topological polar surface area (TPSA) is 83.5 Å². The smallest absolute Gasteiger partial charge is 0.312 e. The first-order chi connectivity index (χ1) is 12.4. The molecule has 0 fully saturated rings. The van der Waals surface area contributed by atoms with E-state index < -0.39 is 23.6 Å². The highest BCUT2D eigenvalue weighted by Gasteiger charge is 2.21. The Morgan fingerprint density at radius 2 is 1.62 bits per heavy atom. The van der Waals surface area contributed by atoms with E-state index in [1.54, 1.807) is 12.1 Å². The van der Waals surface area contributed by atoms with Crippen LogP contribution in [0.3, 0.4) is 0 Å². The number of hydrogen-bond acceptors (Lipinski definition) is 3. The summed E-state index contributed by atoms with van der Waals surface area (Å²) in [7, 11) is 0. The number of ketones is 1. The van der Waals surface area contributed by atoms with E-state index in [1.165, 1.54) is 24.3 Å². The van der Waals surface area contributed by atoms with Crippen LogP contribution in [0.5, 0.6) is 0 Å². The van der Waals surface area contributed by atoms with Crippen molar-refractivity contribution >= 4 is 17.7 Å². The molecule has 1 amide bonds. The zero-order chi connectivity index (χ0) is 19.1. The van der Waals surface area contributed by atoms with Crippen molar-refractivity contribution in [3.63, 3.8) is 0 Å². The minimum atomic E-state index is -1.12. The number of amides is 1. The van der Waals surface area contributed by atoms with Gasteiger partial charge >= 0.3 is 5.97 Å². The van der Waals surface area contributed by atoms with Crippen molar-refractivity contribution < 1.29 is 23.9 Å². The van der Waals surface area contributed by atoms with E-state index >= 15 is 0 Å². The Hall–Kier alpha value is -3.02. The lowest BCUT2D eigenvalue weighted by Crippen LogP contribution is -2.31. The van der Waals surface area contributed by atoms with E-state index in [-0.39, 0.29) is 25.2 Å². The fourth-order valence-corrected chi connectivity index (χ4v) is 2.46. The van der Waals surface area contributed by atoms with Gasteiger partial charge in [-0.2, -0.15) is 0 Å². The summed E-state index contributed by atoms with van der Waals surface area (Å²) in [5.41, 5.74) is 1.98. The molecule has 26 heavy (non-hydrogen) atoms. The van der Waals surface area contributed by atoms with E-state index in [9.17, 15) is 23.9 Å². The third-order valence-corrected chi connectivity index (χ3v) is 4.03. The molecule has 0 aromatic heterocycles. The van der Waals surface area contributed by atoms with Crippen LogP contribution in [0.2, 0.25) is 0 Å². The summed E-state index contributed by atoms with van der Waals surface area (Å²) in [6.07, 6.45) is 0.0195. The first-order valence-electron chi connectivity index (χ1n) is 8.21. The van der Waals surface area contributed by atoms with Crippen molar-refractivity contribution in [3.8, 4) is 0 Å². The molecule has 0 saturated heterocycles. The van der Waals surface area contributed by atoms with Gasteiger partial charge in [0, 0.05) is 24.9 Å². The molecule has 0 aliphatic heterocycles. The third kappa shape index (κ3) is 5.51. The van der Waals surface area contributed by atoms with Crippen LogP contribution in [-0.4, -0.2) is 29.3 Å². The van der Waals surface area contributed by atoms with Gasteiger partial charge in [0.2, 0.25) is 5.91 Å². The minimum Gasteiger partial charge on any atom is -0.481 e. The maximum absolute atomic E-state index is 13.0. The molecule has 1 unspecified atom stereocenters. The molecule has 0 radical (unpaired) electrons. The molecule has 6 heteroatoms. The van der Waals surface area contributed by atoms with Gasteiger partial charge in [-0.05, 0) is 24.6 Å². The minimum absolute atomic E-state index is 0.0253. The zero-order valence-electron chi connectivity index (χ0n) is 14.4. The van der Waals surface area contributed by atoms with Gasteiger partial charge in [-0.25, -0.2) is 4.39 Å². The van der Waals surface area contributed by atoms with E-state index in [0.717, 1.165) is 5.56 Å². The van der Waals surface area contributed by atoms with Crippen LogP contribution < -0.4 is 5.32 Å². The molecule has 1 atom stereocenters. The lowest BCUT2D eigenvalue weighted by Gasteiger charge is -2.14. The van der Waals surface area contributed by atoms with Crippen LogP contribution in [0.15, 0.2) is 48.5 Å². The van der Waals surface area contributed by atoms with Crippen LogP contribution in [0.25, 0.3) is 0 Å². The highest BCUT2D eigenvalue weighted by Crippen LogP contribution is 2.16. The quantitative estimate of drug-likeness (QED) is 0.711. The van der Waals surface area contributed by atoms with Gasteiger partial charge in [0.15, 0.2) is 5.78 Å². The number of aliphatic carboxylic acids is 1. The van der Waals surface area contributed by atoms with Crippen molar-refractivity contribution in [1.82, 2.24) is 5.32 Å². The van der Waals surface area contributed by atoms with Crippen molar-refractivity contribution in [2.24, 2.45) is 0 Å². The van der Waals surface area contributed by atoms with Gasteiger partial charge in [0.25, 0.3) is 0 Å². The second-order valence-corrected chi connectivity index (χ2v) is 6.04. The molecule has 0 spiro atoms. The monoisotopic (exact) mass is 357 g/mol. The molecule has 136 valence electrons. The molecule has 2 aromatic carbocycles. The summed E-state index contributed by atoms with van der Waals surface area (Å²) in [5, 5.41) is 11.8. The SMILES string of the molecule is Cc1ccc(C(=O)CCC(=O)NCC(C(=O)O)c2ccc(F)cc2)cc1. The molecule has 0 bridgehead atoms. The Morgan fingerprint density at radius 3 is 2.19 bits per heavy atom. The average molecular weight is 357 g/mol. The third-order valence-electron chi connectivity index (χ3n) is 4.03. The first-order valence-corrected chi connectivity index (χ1v) is 8.21. The molecule has 2 rings (SSSR count). The van der Waals surface area contributed by atoms with Crippen LogP contribution in [0.4, 0.5) is 4.39 Å². The second-order valence-electron chi connectivity index (χ2n) is 6.04. The Labute approximate surface area is 150 Å². The van der Waals surface area contributed by atoms with Crippen molar-refractivity contribution in [2.75, 3.05) is 6.54 Å².